The molecule has 5 fully saturated rings. The SMILES string of the molecule is C[C@@H]1O[C@H](O[C@H]2C[C@@H](O)[C@@]3(CO)[C@@H]4C(O)C[C@@]5(C)C(C6=CC(=O)OC6)CC[C@]5(O)[C@H]4CC[C@@]3(O)C2)[C@H](O)[C@H](O)[C@H]1O. The molecule has 41 heavy (non-hydrogen) atoms. The standard InChI is InChI=1S/C29H44O12/c1-13-22(34)23(35)24(36)25(40-13)41-15-8-19(32)28(12-30)21-17(3-5-27(28,37)9-15)29(38)6-4-16(14-7-20(33)39-11-14)26(29,2)10-18(21)31/h7,13,15-19,21-25,30-32,34-38H,3-6,8-12H2,1-2H3/t13-,15-,16?,17-,18?,19+,21-,22-,23+,24+,25+,26-,27+,28-,29-/m0/s1. The molecule has 2 aliphatic heterocycles. The van der Waals surface area contributed by atoms with Gasteiger partial charge in [0, 0.05) is 30.3 Å². The lowest BCUT2D eigenvalue weighted by Crippen LogP contribution is -2.76. The normalized spacial score (nSPS) is 56.9. The average Bonchev–Trinajstić information content (AvgIpc) is 3.45. The molecule has 0 bridgehead atoms. The number of aliphatic hydroxyl groups excluding tert-OH is 6. The summed E-state index contributed by atoms with van der Waals surface area (Å²) in [5.74, 6) is -1.93. The van der Waals surface area contributed by atoms with E-state index in [1.807, 2.05) is 6.92 Å². The van der Waals surface area contributed by atoms with E-state index in [-0.39, 0.29) is 38.2 Å². The van der Waals surface area contributed by atoms with Gasteiger partial charge in [0.05, 0.1) is 47.6 Å². The highest BCUT2D eigenvalue weighted by Crippen LogP contribution is 2.70. The molecule has 6 rings (SSSR count). The molecule has 12 heteroatoms. The number of carbonyl (C=O) groups excluding carboxylic acids is 1. The van der Waals surface area contributed by atoms with Crippen LogP contribution in [0.4, 0.5) is 0 Å². The van der Waals surface area contributed by atoms with Crippen LogP contribution in [0.15, 0.2) is 11.6 Å². The molecule has 0 aromatic rings. The quantitative estimate of drug-likeness (QED) is 0.140. The second-order valence-electron chi connectivity index (χ2n) is 13.8. The van der Waals surface area contributed by atoms with Gasteiger partial charge in [0.2, 0.25) is 0 Å². The maximum atomic E-state index is 12.4. The van der Waals surface area contributed by atoms with Crippen LogP contribution in [0, 0.1) is 28.6 Å². The van der Waals surface area contributed by atoms with E-state index in [0.717, 1.165) is 5.57 Å². The summed E-state index contributed by atoms with van der Waals surface area (Å²) in [4.78, 5) is 11.8. The van der Waals surface area contributed by atoms with Crippen molar-refractivity contribution in [2.24, 2.45) is 28.6 Å². The lowest BCUT2D eigenvalue weighted by atomic mass is 9.40. The van der Waals surface area contributed by atoms with Gasteiger partial charge in [-0.1, -0.05) is 6.92 Å². The van der Waals surface area contributed by atoms with Gasteiger partial charge in [-0.15, -0.1) is 0 Å². The fourth-order valence-corrected chi connectivity index (χ4v) is 10.1. The van der Waals surface area contributed by atoms with Crippen molar-refractivity contribution in [2.45, 2.75) is 119 Å². The Balaban J connectivity index is 1.28. The molecule has 0 radical (unpaired) electrons. The summed E-state index contributed by atoms with van der Waals surface area (Å²) in [7, 11) is 0. The largest absolute Gasteiger partial charge is 0.458 e. The maximum Gasteiger partial charge on any atom is 0.331 e. The second-order valence-corrected chi connectivity index (χ2v) is 13.8. The first-order valence-electron chi connectivity index (χ1n) is 14.9. The summed E-state index contributed by atoms with van der Waals surface area (Å²) >= 11 is 0. The number of aliphatic hydroxyl groups is 8. The van der Waals surface area contributed by atoms with E-state index in [9.17, 15) is 45.6 Å². The first-order chi connectivity index (χ1) is 19.2. The van der Waals surface area contributed by atoms with Crippen molar-refractivity contribution in [3.8, 4) is 0 Å². The fraction of sp³-hybridized carbons (Fsp3) is 0.897. The minimum Gasteiger partial charge on any atom is -0.458 e. The molecule has 4 aliphatic carbocycles. The summed E-state index contributed by atoms with van der Waals surface area (Å²) in [6.45, 7) is 3.00. The predicted octanol–water partition coefficient (Wildman–Crippen LogP) is -1.51. The molecule has 2 heterocycles. The molecular weight excluding hydrogens is 540 g/mol. The minimum atomic E-state index is -1.67. The summed E-state index contributed by atoms with van der Waals surface area (Å²) in [5, 5.41) is 89.6. The van der Waals surface area contributed by atoms with Gasteiger partial charge < -0.3 is 55.1 Å². The summed E-state index contributed by atoms with van der Waals surface area (Å²) < 4.78 is 16.7. The van der Waals surface area contributed by atoms with Crippen molar-refractivity contribution in [3.63, 3.8) is 0 Å². The first kappa shape index (κ1) is 29.9. The molecule has 0 aromatic heterocycles. The van der Waals surface area contributed by atoms with Gasteiger partial charge >= 0.3 is 5.97 Å². The maximum absolute atomic E-state index is 12.4. The monoisotopic (exact) mass is 584 g/mol. The Bertz CT molecular complexity index is 1080. The smallest absolute Gasteiger partial charge is 0.331 e. The van der Waals surface area contributed by atoms with Crippen molar-refractivity contribution in [1.82, 2.24) is 0 Å². The zero-order valence-corrected chi connectivity index (χ0v) is 23.5. The molecule has 2 unspecified atom stereocenters. The van der Waals surface area contributed by atoms with Crippen LogP contribution < -0.4 is 0 Å². The third-order valence-corrected chi connectivity index (χ3v) is 12.2. The predicted molar refractivity (Wildman–Crippen MR) is 139 cm³/mol. The van der Waals surface area contributed by atoms with Gasteiger partial charge in [0.25, 0.3) is 0 Å². The molecule has 6 aliphatic rings. The van der Waals surface area contributed by atoms with E-state index in [1.165, 1.54) is 13.0 Å². The topological polar surface area (TPSA) is 207 Å². The van der Waals surface area contributed by atoms with Crippen LogP contribution in [0.3, 0.4) is 0 Å². The van der Waals surface area contributed by atoms with Gasteiger partial charge in [-0.3, -0.25) is 0 Å². The van der Waals surface area contributed by atoms with Gasteiger partial charge in [0.1, 0.15) is 24.9 Å². The number of carbonyl (C=O) groups is 1. The highest BCUT2D eigenvalue weighted by Gasteiger charge is 2.75. The van der Waals surface area contributed by atoms with E-state index in [2.05, 4.69) is 0 Å². The number of esters is 1. The minimum absolute atomic E-state index is 0.0369. The van der Waals surface area contributed by atoms with Crippen LogP contribution in [-0.4, -0.2) is 120 Å². The molecule has 15 atom stereocenters. The molecule has 232 valence electrons. The molecule has 0 aromatic carbocycles. The van der Waals surface area contributed by atoms with Gasteiger partial charge in [-0.25, -0.2) is 4.79 Å². The molecule has 12 nitrogen and oxygen atoms in total. The van der Waals surface area contributed by atoms with Crippen LogP contribution in [0.1, 0.15) is 58.8 Å². The molecule has 0 spiro atoms. The lowest BCUT2D eigenvalue weighted by molar-refractivity contribution is -0.342. The Morgan fingerprint density at radius 2 is 1.76 bits per heavy atom. The van der Waals surface area contributed by atoms with E-state index < -0.39 is 95.5 Å². The van der Waals surface area contributed by atoms with Crippen LogP contribution in [0.25, 0.3) is 0 Å². The summed E-state index contributed by atoms with van der Waals surface area (Å²) in [5.41, 5.74) is -4.46. The van der Waals surface area contributed by atoms with Gasteiger partial charge in [0.15, 0.2) is 6.29 Å². The number of rotatable bonds is 4. The van der Waals surface area contributed by atoms with Crippen LogP contribution in [0.2, 0.25) is 0 Å². The highest BCUT2D eigenvalue weighted by atomic mass is 16.7. The van der Waals surface area contributed by atoms with Crippen molar-refractivity contribution in [2.75, 3.05) is 13.2 Å². The Labute approximate surface area is 238 Å². The first-order valence-corrected chi connectivity index (χ1v) is 14.9. The highest BCUT2D eigenvalue weighted by molar-refractivity contribution is 5.85. The number of ether oxygens (including phenoxy) is 3. The van der Waals surface area contributed by atoms with E-state index in [4.69, 9.17) is 14.2 Å². The van der Waals surface area contributed by atoms with E-state index in [1.54, 1.807) is 0 Å². The number of hydrogen-bond acceptors (Lipinski definition) is 12. The van der Waals surface area contributed by atoms with Crippen LogP contribution in [-0.2, 0) is 19.0 Å². The van der Waals surface area contributed by atoms with E-state index >= 15 is 0 Å². The lowest BCUT2D eigenvalue weighted by Gasteiger charge is -2.68. The number of cyclic esters (lactones) is 1. The third-order valence-electron chi connectivity index (χ3n) is 12.2. The van der Waals surface area contributed by atoms with E-state index in [0.29, 0.717) is 19.3 Å². The summed E-state index contributed by atoms with van der Waals surface area (Å²) in [6.07, 6.45) is -6.68. The van der Waals surface area contributed by atoms with Crippen molar-refractivity contribution >= 4 is 5.97 Å². The zero-order chi connectivity index (χ0) is 29.7. The van der Waals surface area contributed by atoms with Crippen LogP contribution in [0.5, 0.6) is 0 Å². The molecule has 8 N–H and O–H groups in total. The molecule has 4 saturated carbocycles. The Morgan fingerprint density at radius 1 is 1.02 bits per heavy atom. The Morgan fingerprint density at radius 3 is 2.41 bits per heavy atom. The molecule has 1 saturated heterocycles. The Kier molecular flexibility index (Phi) is 7.22. The molecule has 0 amide bonds. The van der Waals surface area contributed by atoms with Gasteiger partial charge in [-0.05, 0) is 56.4 Å². The Hall–Kier alpha value is -1.19. The van der Waals surface area contributed by atoms with Crippen molar-refractivity contribution in [1.29, 1.82) is 0 Å². The number of hydrogen-bond donors (Lipinski definition) is 8. The average molecular weight is 585 g/mol. The number of fused-ring (bicyclic) bond motifs is 5. The summed E-state index contributed by atoms with van der Waals surface area (Å²) in [6, 6.07) is 0. The zero-order valence-electron chi connectivity index (χ0n) is 23.5. The fourth-order valence-electron chi connectivity index (χ4n) is 10.1. The third kappa shape index (κ3) is 3.99. The van der Waals surface area contributed by atoms with Crippen molar-refractivity contribution in [3.05, 3.63) is 11.6 Å². The van der Waals surface area contributed by atoms with Gasteiger partial charge in [-0.2, -0.15) is 0 Å². The van der Waals surface area contributed by atoms with Crippen LogP contribution >= 0.6 is 0 Å². The molecular formula is C29H44O12. The second kappa shape index (κ2) is 9.91. The van der Waals surface area contributed by atoms with Crippen molar-refractivity contribution < 1.29 is 59.9 Å².